The van der Waals surface area contributed by atoms with Crippen LogP contribution in [-0.4, -0.2) is 0 Å². The first kappa shape index (κ1) is 83.8. The Hall–Kier alpha value is 2.30. The minimum atomic E-state index is 0. The number of hydrogen-bond acceptors (Lipinski definition) is 0. The third-order valence-electron chi connectivity index (χ3n) is 0. The molecular weight excluding hydrogens is 259 g/mol. The normalized spacial score (nSPS) is 0. The van der Waals surface area contributed by atoms with Crippen LogP contribution in [0.1, 0.15) is 0 Å². The molecular formula is LaLiO3Zn. The fraction of sp³-hybridized carbons (Fsp3) is 0. The maximum absolute atomic E-state index is 0. The fourth-order valence-corrected chi connectivity index (χ4v) is 0. The quantitative estimate of drug-likeness (QED) is 0.407. The molecule has 0 amide bonds. The molecule has 0 aliphatic heterocycles. The first-order valence-corrected chi connectivity index (χ1v) is 0. The van der Waals surface area contributed by atoms with E-state index in [1.807, 2.05) is 0 Å². The van der Waals surface area contributed by atoms with Crippen molar-refractivity contribution in [3.63, 3.8) is 0 Å². The second kappa shape index (κ2) is 54.9. The van der Waals surface area contributed by atoms with E-state index in [1.165, 1.54) is 0 Å². The van der Waals surface area contributed by atoms with Crippen molar-refractivity contribution < 1.29 is 90.4 Å². The van der Waals surface area contributed by atoms with Crippen molar-refractivity contribution in [2.24, 2.45) is 0 Å². The van der Waals surface area contributed by atoms with Gasteiger partial charge in [0.15, 0.2) is 0 Å². The average Bonchev–Trinajstić information content (AvgIpc) is 0. The van der Waals surface area contributed by atoms with Crippen LogP contribution >= 0.6 is 0 Å². The van der Waals surface area contributed by atoms with E-state index in [0.717, 1.165) is 0 Å². The van der Waals surface area contributed by atoms with Crippen LogP contribution < -0.4 is 18.9 Å². The van der Waals surface area contributed by atoms with Gasteiger partial charge in [0.25, 0.3) is 0 Å². The predicted molar refractivity (Wildman–Crippen MR) is 2.06 cm³/mol. The van der Waals surface area contributed by atoms with Gasteiger partial charge in [-0.3, -0.25) is 0 Å². The van der Waals surface area contributed by atoms with Gasteiger partial charge in [0.2, 0.25) is 0 Å². The third kappa shape index (κ3) is 33.5. The maximum Gasteiger partial charge on any atom is 3.00 e. The molecule has 0 spiro atoms. The average molecular weight is 259 g/mol. The monoisotopic (exact) mass is 258 g/mol. The molecule has 0 rings (SSSR count). The van der Waals surface area contributed by atoms with Crippen LogP contribution in [0.25, 0.3) is 0 Å². The van der Waals surface area contributed by atoms with Crippen molar-refractivity contribution in [3.8, 4) is 0 Å². The Morgan fingerprint density at radius 3 is 0.667 bits per heavy atom. The van der Waals surface area contributed by atoms with Crippen LogP contribution in [0.3, 0.4) is 0 Å². The molecule has 0 saturated heterocycles. The van der Waals surface area contributed by atoms with Gasteiger partial charge < -0.3 is 16.4 Å². The summed E-state index contributed by atoms with van der Waals surface area (Å²) in [7, 11) is 0. The molecule has 0 aromatic carbocycles. The summed E-state index contributed by atoms with van der Waals surface area (Å²) in [6.45, 7) is 0. The van der Waals surface area contributed by atoms with Gasteiger partial charge in [-0.2, -0.15) is 0 Å². The van der Waals surface area contributed by atoms with Gasteiger partial charge in [-0.1, -0.05) is 0 Å². The van der Waals surface area contributed by atoms with Crippen molar-refractivity contribution in [1.82, 2.24) is 0 Å². The largest absolute Gasteiger partial charge is 3.00 e. The molecule has 6 heteroatoms. The Morgan fingerprint density at radius 1 is 0.667 bits per heavy atom. The Bertz CT molecular complexity index is 10.8. The summed E-state index contributed by atoms with van der Waals surface area (Å²) in [6, 6.07) is 0. The molecule has 0 saturated carbocycles. The van der Waals surface area contributed by atoms with E-state index in [-0.39, 0.29) is 90.4 Å². The van der Waals surface area contributed by atoms with Gasteiger partial charge >= 0.3 is 73.9 Å². The maximum atomic E-state index is 0. The second-order valence-electron chi connectivity index (χ2n) is 0. The predicted octanol–water partition coefficient (Wildman–Crippen LogP) is -3.35. The fourth-order valence-electron chi connectivity index (χ4n) is 0. The summed E-state index contributed by atoms with van der Waals surface area (Å²) in [6.07, 6.45) is 0. The molecule has 0 N–H and O–H groups in total. The van der Waals surface area contributed by atoms with E-state index in [2.05, 4.69) is 0 Å². The first-order chi connectivity index (χ1) is 0. The van der Waals surface area contributed by atoms with E-state index in [1.54, 1.807) is 0 Å². The Kier molecular flexibility index (Phi) is 766. The van der Waals surface area contributed by atoms with Crippen molar-refractivity contribution in [2.45, 2.75) is 0 Å². The topological polar surface area (TPSA) is 85.5 Å². The van der Waals surface area contributed by atoms with Crippen molar-refractivity contribution in [2.75, 3.05) is 0 Å². The summed E-state index contributed by atoms with van der Waals surface area (Å²) >= 11 is 0. The van der Waals surface area contributed by atoms with Crippen LogP contribution in [-0.2, 0) is 35.9 Å². The van der Waals surface area contributed by atoms with Gasteiger partial charge in [-0.25, -0.2) is 0 Å². The van der Waals surface area contributed by atoms with E-state index in [0.29, 0.717) is 0 Å². The van der Waals surface area contributed by atoms with Crippen LogP contribution in [0.2, 0.25) is 0 Å². The molecule has 0 aromatic rings. The Balaban J connectivity index is 0. The summed E-state index contributed by atoms with van der Waals surface area (Å²) < 4.78 is 0. The van der Waals surface area contributed by atoms with Crippen molar-refractivity contribution in [1.29, 1.82) is 0 Å². The van der Waals surface area contributed by atoms with Gasteiger partial charge in [0, 0.05) is 0 Å². The van der Waals surface area contributed by atoms with Crippen LogP contribution in [0, 0.1) is 35.6 Å². The first-order valence-electron chi connectivity index (χ1n) is 0. The SMILES string of the molecule is [La+3].[Li+].[O-2].[O-2].[O-2].[Zn+2]. The minimum Gasteiger partial charge on any atom is -2.00 e. The second-order valence-corrected chi connectivity index (χ2v) is 0. The zero-order valence-electron chi connectivity index (χ0n) is 3.51. The molecule has 0 fully saturated rings. The van der Waals surface area contributed by atoms with Gasteiger partial charge in [-0.15, -0.1) is 0 Å². The summed E-state index contributed by atoms with van der Waals surface area (Å²) in [5.41, 5.74) is 0. The molecule has 3 nitrogen and oxygen atoms in total. The minimum absolute atomic E-state index is 0. The summed E-state index contributed by atoms with van der Waals surface area (Å²) in [4.78, 5) is 0. The number of hydrogen-bond donors (Lipinski definition) is 0. The van der Waals surface area contributed by atoms with E-state index in [4.69, 9.17) is 0 Å². The summed E-state index contributed by atoms with van der Waals surface area (Å²) in [5.74, 6) is 0. The molecule has 6 heavy (non-hydrogen) atoms. The molecule has 0 heterocycles. The van der Waals surface area contributed by atoms with Gasteiger partial charge in [0.05, 0.1) is 0 Å². The van der Waals surface area contributed by atoms with E-state index >= 15 is 0 Å². The molecule has 0 bridgehead atoms. The standard InChI is InChI=1S/La.Li.3O.Zn/q+3;+1;3*-2;+2. The zero-order valence-corrected chi connectivity index (χ0v) is 10.1. The molecule has 0 atom stereocenters. The van der Waals surface area contributed by atoms with E-state index < -0.39 is 0 Å². The molecule has 0 aromatic heterocycles. The Labute approximate surface area is 89.1 Å². The zero-order chi connectivity index (χ0) is 0. The van der Waals surface area contributed by atoms with Gasteiger partial charge in [-0.05, 0) is 0 Å². The number of rotatable bonds is 0. The molecule has 0 aliphatic carbocycles. The van der Waals surface area contributed by atoms with Crippen molar-refractivity contribution >= 4 is 0 Å². The molecule has 0 aliphatic rings. The van der Waals surface area contributed by atoms with Gasteiger partial charge in [0.1, 0.15) is 0 Å². The molecule has 0 radical (unpaired) electrons. The van der Waals surface area contributed by atoms with Crippen molar-refractivity contribution in [3.05, 3.63) is 0 Å². The smallest absolute Gasteiger partial charge is 2.00 e. The third-order valence-corrected chi connectivity index (χ3v) is 0. The van der Waals surface area contributed by atoms with Crippen LogP contribution in [0.15, 0.2) is 0 Å². The van der Waals surface area contributed by atoms with E-state index in [9.17, 15) is 0 Å². The van der Waals surface area contributed by atoms with Crippen LogP contribution in [0.4, 0.5) is 0 Å². The molecule has 0 unspecified atom stereocenters. The summed E-state index contributed by atoms with van der Waals surface area (Å²) in [5, 5.41) is 0. The molecule has 24 valence electrons. The van der Waals surface area contributed by atoms with Crippen LogP contribution in [0.5, 0.6) is 0 Å². The Morgan fingerprint density at radius 2 is 0.667 bits per heavy atom.